The van der Waals surface area contributed by atoms with E-state index < -0.39 is 24.3 Å². The zero-order valence-corrected chi connectivity index (χ0v) is 14.0. The van der Waals surface area contributed by atoms with Crippen molar-refractivity contribution >= 4 is 22.4 Å². The number of nitrogens with one attached hydrogen (secondary N) is 1. The molecule has 3 rings (SSSR count). The molecule has 1 N–H and O–H groups in total. The van der Waals surface area contributed by atoms with E-state index in [4.69, 9.17) is 4.74 Å². The number of hydrogen-bond donors (Lipinski definition) is 1. The molecule has 1 aromatic heterocycles. The summed E-state index contributed by atoms with van der Waals surface area (Å²) < 4.78 is 43.1. The Morgan fingerprint density at radius 3 is 2.58 bits per heavy atom. The first-order valence-corrected chi connectivity index (χ1v) is 8.22. The quantitative estimate of drug-likeness (QED) is 0.720. The summed E-state index contributed by atoms with van der Waals surface area (Å²) in [6, 6.07) is 13.7. The van der Waals surface area contributed by atoms with Gasteiger partial charge in [0.1, 0.15) is 10.8 Å². The van der Waals surface area contributed by atoms with E-state index in [1.165, 1.54) is 23.5 Å². The van der Waals surface area contributed by atoms with E-state index in [0.717, 1.165) is 17.7 Å². The van der Waals surface area contributed by atoms with Gasteiger partial charge in [-0.05, 0) is 18.2 Å². The van der Waals surface area contributed by atoms with Gasteiger partial charge in [-0.15, -0.1) is 10.2 Å². The molecule has 0 bridgehead atoms. The van der Waals surface area contributed by atoms with Gasteiger partial charge in [-0.3, -0.25) is 10.1 Å². The van der Waals surface area contributed by atoms with Crippen LogP contribution < -0.4 is 10.1 Å². The number of halogens is 3. The molecule has 1 amide bonds. The third-order valence-corrected chi connectivity index (χ3v) is 4.11. The lowest BCUT2D eigenvalue weighted by Gasteiger charge is -2.09. The van der Waals surface area contributed by atoms with Crippen molar-refractivity contribution in [3.05, 3.63) is 60.2 Å². The molecular formula is C17H12F3N3O2S. The van der Waals surface area contributed by atoms with Crippen LogP contribution in [-0.4, -0.2) is 22.7 Å². The Morgan fingerprint density at radius 2 is 1.85 bits per heavy atom. The van der Waals surface area contributed by atoms with E-state index in [-0.39, 0.29) is 10.9 Å². The van der Waals surface area contributed by atoms with E-state index in [1.54, 1.807) is 0 Å². The van der Waals surface area contributed by atoms with E-state index >= 15 is 0 Å². The molecule has 0 saturated carbocycles. The van der Waals surface area contributed by atoms with Gasteiger partial charge in [0.05, 0.1) is 5.56 Å². The predicted octanol–water partition coefficient (Wildman–Crippen LogP) is 4.24. The monoisotopic (exact) mass is 379 g/mol. The van der Waals surface area contributed by atoms with Gasteiger partial charge in [0.2, 0.25) is 5.13 Å². The summed E-state index contributed by atoms with van der Waals surface area (Å²) in [6.45, 7) is -0.443. The molecule has 0 fully saturated rings. The van der Waals surface area contributed by atoms with Crippen LogP contribution in [0.4, 0.5) is 18.3 Å². The van der Waals surface area contributed by atoms with Crippen molar-refractivity contribution < 1.29 is 22.7 Å². The number of alkyl halides is 3. The summed E-state index contributed by atoms with van der Waals surface area (Å²) in [6.07, 6.45) is -4.47. The fourth-order valence-corrected chi connectivity index (χ4v) is 2.80. The fourth-order valence-electron chi connectivity index (χ4n) is 2.04. The van der Waals surface area contributed by atoms with Crippen LogP contribution in [0.25, 0.3) is 10.6 Å². The van der Waals surface area contributed by atoms with Gasteiger partial charge in [0, 0.05) is 5.56 Å². The number of amides is 1. The van der Waals surface area contributed by atoms with Gasteiger partial charge >= 0.3 is 6.18 Å². The lowest BCUT2D eigenvalue weighted by Crippen LogP contribution is -2.20. The molecule has 0 aliphatic carbocycles. The molecular weight excluding hydrogens is 367 g/mol. The topological polar surface area (TPSA) is 64.1 Å². The van der Waals surface area contributed by atoms with E-state index in [9.17, 15) is 18.0 Å². The Kier molecular flexibility index (Phi) is 5.17. The molecule has 0 aliphatic rings. The minimum atomic E-state index is -4.47. The van der Waals surface area contributed by atoms with Gasteiger partial charge in [0.25, 0.3) is 5.91 Å². The van der Waals surface area contributed by atoms with Crippen LogP contribution in [-0.2, 0) is 11.0 Å². The van der Waals surface area contributed by atoms with Gasteiger partial charge in [-0.25, -0.2) is 0 Å². The molecule has 5 nitrogen and oxygen atoms in total. The summed E-state index contributed by atoms with van der Waals surface area (Å²) in [7, 11) is 0. The summed E-state index contributed by atoms with van der Waals surface area (Å²) in [5.41, 5.74) is 0.0257. The summed E-state index contributed by atoms with van der Waals surface area (Å²) in [5.74, 6) is -0.588. The molecule has 0 unspecified atom stereocenters. The van der Waals surface area contributed by atoms with Crippen LogP contribution in [0.3, 0.4) is 0 Å². The average Bonchev–Trinajstić information content (AvgIpc) is 3.09. The normalized spacial score (nSPS) is 11.2. The van der Waals surface area contributed by atoms with Gasteiger partial charge in [-0.2, -0.15) is 13.2 Å². The maximum atomic E-state index is 12.6. The number of anilines is 1. The molecule has 0 radical (unpaired) electrons. The molecule has 1 heterocycles. The van der Waals surface area contributed by atoms with Crippen molar-refractivity contribution in [2.24, 2.45) is 0 Å². The number of nitrogens with zero attached hydrogens (tertiary/aromatic N) is 2. The highest BCUT2D eigenvalue weighted by Gasteiger charge is 2.30. The summed E-state index contributed by atoms with van der Waals surface area (Å²) in [5, 5.41) is 11.3. The van der Waals surface area contributed by atoms with Crippen LogP contribution in [0.1, 0.15) is 5.56 Å². The molecule has 2 aromatic carbocycles. The lowest BCUT2D eigenvalue weighted by atomic mass is 10.2. The first kappa shape index (κ1) is 17.9. The average molecular weight is 379 g/mol. The van der Waals surface area contributed by atoms with Crippen molar-refractivity contribution in [3.63, 3.8) is 0 Å². The largest absolute Gasteiger partial charge is 0.484 e. The van der Waals surface area contributed by atoms with Crippen molar-refractivity contribution in [3.8, 4) is 16.3 Å². The van der Waals surface area contributed by atoms with Gasteiger partial charge < -0.3 is 4.74 Å². The smallest absolute Gasteiger partial charge is 0.416 e. The van der Waals surface area contributed by atoms with E-state index in [1.807, 2.05) is 30.3 Å². The number of aromatic nitrogens is 2. The minimum Gasteiger partial charge on any atom is -0.484 e. The second-order valence-electron chi connectivity index (χ2n) is 5.14. The van der Waals surface area contributed by atoms with Crippen LogP contribution >= 0.6 is 11.3 Å². The third kappa shape index (κ3) is 4.57. The molecule has 3 aromatic rings. The number of carbonyl (C=O) groups excluding carboxylic acids is 1. The molecule has 0 spiro atoms. The third-order valence-electron chi connectivity index (χ3n) is 3.22. The molecule has 134 valence electrons. The van der Waals surface area contributed by atoms with Gasteiger partial charge in [-0.1, -0.05) is 47.7 Å². The summed E-state index contributed by atoms with van der Waals surface area (Å²) >= 11 is 1.18. The lowest BCUT2D eigenvalue weighted by molar-refractivity contribution is -0.137. The number of hydrogen-bond acceptors (Lipinski definition) is 5. The molecule has 26 heavy (non-hydrogen) atoms. The fraction of sp³-hybridized carbons (Fsp3) is 0.118. The van der Waals surface area contributed by atoms with Crippen molar-refractivity contribution in [1.82, 2.24) is 10.2 Å². The first-order chi connectivity index (χ1) is 12.4. The Labute approximate surface area is 150 Å². The van der Waals surface area contributed by atoms with Crippen LogP contribution in [0.5, 0.6) is 5.75 Å². The maximum absolute atomic E-state index is 12.6. The number of benzene rings is 2. The van der Waals surface area contributed by atoms with Crippen LogP contribution in [0, 0.1) is 0 Å². The minimum absolute atomic E-state index is 0.0442. The van der Waals surface area contributed by atoms with E-state index in [2.05, 4.69) is 15.5 Å². The number of rotatable bonds is 5. The first-order valence-electron chi connectivity index (χ1n) is 7.40. The molecule has 0 saturated heterocycles. The molecule has 9 heteroatoms. The van der Waals surface area contributed by atoms with Crippen molar-refractivity contribution in [2.45, 2.75) is 6.18 Å². The van der Waals surface area contributed by atoms with Gasteiger partial charge in [0.15, 0.2) is 6.61 Å². The highest BCUT2D eigenvalue weighted by Crippen LogP contribution is 2.31. The van der Waals surface area contributed by atoms with Crippen molar-refractivity contribution in [1.29, 1.82) is 0 Å². The zero-order chi connectivity index (χ0) is 18.6. The zero-order valence-electron chi connectivity index (χ0n) is 13.2. The second-order valence-corrected chi connectivity index (χ2v) is 6.12. The SMILES string of the molecule is O=C(COc1cccc(C(F)(F)F)c1)Nc1nnc(-c2ccccc2)s1. The Balaban J connectivity index is 1.58. The molecule has 0 atom stereocenters. The van der Waals surface area contributed by atoms with Crippen molar-refractivity contribution in [2.75, 3.05) is 11.9 Å². The predicted molar refractivity (Wildman–Crippen MR) is 90.9 cm³/mol. The Hall–Kier alpha value is -2.94. The number of carbonyl (C=O) groups is 1. The second kappa shape index (κ2) is 7.52. The van der Waals surface area contributed by atoms with Crippen LogP contribution in [0.15, 0.2) is 54.6 Å². The Bertz CT molecular complexity index is 898. The number of ether oxygens (including phenoxy) is 1. The standard InChI is InChI=1S/C17H12F3N3O2S/c18-17(19,20)12-7-4-8-13(9-12)25-10-14(24)21-16-23-22-15(26-16)11-5-2-1-3-6-11/h1-9H,10H2,(H,21,23,24). The Morgan fingerprint density at radius 1 is 1.08 bits per heavy atom. The maximum Gasteiger partial charge on any atom is 0.416 e. The van der Waals surface area contributed by atoms with E-state index in [0.29, 0.717) is 5.01 Å². The molecule has 0 aliphatic heterocycles. The highest BCUT2D eigenvalue weighted by molar-refractivity contribution is 7.18. The highest BCUT2D eigenvalue weighted by atomic mass is 32.1. The van der Waals surface area contributed by atoms with Crippen LogP contribution in [0.2, 0.25) is 0 Å². The summed E-state index contributed by atoms with van der Waals surface area (Å²) in [4.78, 5) is 11.9.